The molecule has 1 fully saturated rings. The molecule has 1 heterocycles. The highest BCUT2D eigenvalue weighted by Gasteiger charge is 2.23. The lowest BCUT2D eigenvalue weighted by atomic mass is 10.0. The summed E-state index contributed by atoms with van der Waals surface area (Å²) in [6.45, 7) is 2.22. The fourth-order valence-corrected chi connectivity index (χ4v) is 2.30. The van der Waals surface area contributed by atoms with E-state index in [0.29, 0.717) is 6.42 Å². The number of rotatable bonds is 5. The summed E-state index contributed by atoms with van der Waals surface area (Å²) in [6.07, 6.45) is 2.26. The zero-order chi connectivity index (χ0) is 13.7. The third-order valence-corrected chi connectivity index (χ3v) is 3.28. The molecule has 0 aliphatic carbocycles. The first-order chi connectivity index (χ1) is 9.16. The first-order valence-electron chi connectivity index (χ1n) is 6.63. The second-order valence-corrected chi connectivity index (χ2v) is 4.86. The van der Waals surface area contributed by atoms with Crippen LogP contribution in [0.1, 0.15) is 37.8 Å². The minimum absolute atomic E-state index is 0.00313. The fraction of sp³-hybridized carbons (Fsp3) is 0.467. The zero-order valence-corrected chi connectivity index (χ0v) is 11.1. The Morgan fingerprint density at radius 2 is 2.11 bits per heavy atom. The molecule has 1 aromatic carbocycles. The average Bonchev–Trinajstić information content (AvgIpc) is 2.89. The number of Topliss-reactive ketones (excluding diaryl/α,β-unsaturated/α-hetero) is 1. The van der Waals surface area contributed by atoms with Crippen molar-refractivity contribution in [2.45, 2.75) is 38.3 Å². The Bertz CT molecular complexity index is 438. The Labute approximate surface area is 113 Å². The molecule has 19 heavy (non-hydrogen) atoms. The van der Waals surface area contributed by atoms with Crippen LogP contribution in [-0.4, -0.2) is 24.4 Å². The van der Waals surface area contributed by atoms with Crippen molar-refractivity contribution in [3.63, 3.8) is 0 Å². The van der Waals surface area contributed by atoms with Gasteiger partial charge < -0.3 is 10.1 Å². The summed E-state index contributed by atoms with van der Waals surface area (Å²) in [5, 5.41) is 2.79. The molecule has 4 nitrogen and oxygen atoms in total. The van der Waals surface area contributed by atoms with E-state index in [1.54, 1.807) is 0 Å². The number of carbonyl (C=O) groups is 2. The number of hydrogen-bond acceptors (Lipinski definition) is 3. The Morgan fingerprint density at radius 1 is 1.37 bits per heavy atom. The number of nitrogens with one attached hydrogen (secondary N) is 1. The normalized spacial score (nSPS) is 19.9. The summed E-state index contributed by atoms with van der Waals surface area (Å²) < 4.78 is 5.43. The SMILES string of the molecule is CC(=O)[C@H](NC(=O)CC1CCCO1)c1ccccc1. The Hall–Kier alpha value is -1.68. The molecule has 1 aliphatic heterocycles. The van der Waals surface area contributed by atoms with Crippen molar-refractivity contribution in [3.05, 3.63) is 35.9 Å². The van der Waals surface area contributed by atoms with E-state index in [1.165, 1.54) is 6.92 Å². The summed E-state index contributed by atoms with van der Waals surface area (Å²) in [5.74, 6) is -0.192. The lowest BCUT2D eigenvalue weighted by Crippen LogP contribution is -2.34. The third kappa shape index (κ3) is 3.89. The van der Waals surface area contributed by atoms with Crippen molar-refractivity contribution in [2.24, 2.45) is 0 Å². The number of ether oxygens (including phenoxy) is 1. The molecular weight excluding hydrogens is 242 g/mol. The topological polar surface area (TPSA) is 55.4 Å². The summed E-state index contributed by atoms with van der Waals surface area (Å²) >= 11 is 0. The summed E-state index contributed by atoms with van der Waals surface area (Å²) in [7, 11) is 0. The van der Waals surface area contributed by atoms with Crippen LogP contribution in [0.15, 0.2) is 30.3 Å². The van der Waals surface area contributed by atoms with Crippen LogP contribution in [0.4, 0.5) is 0 Å². The van der Waals surface area contributed by atoms with Gasteiger partial charge in [0, 0.05) is 6.61 Å². The largest absolute Gasteiger partial charge is 0.378 e. The summed E-state index contributed by atoms with van der Waals surface area (Å²) in [5.41, 5.74) is 0.815. The van der Waals surface area contributed by atoms with Gasteiger partial charge in [0.15, 0.2) is 5.78 Å². The van der Waals surface area contributed by atoms with Crippen molar-refractivity contribution in [3.8, 4) is 0 Å². The van der Waals surface area contributed by atoms with Gasteiger partial charge in [-0.05, 0) is 25.3 Å². The Balaban J connectivity index is 1.97. The molecule has 1 N–H and O–H groups in total. The molecule has 1 saturated heterocycles. The maximum Gasteiger partial charge on any atom is 0.223 e. The molecule has 2 atom stereocenters. The van der Waals surface area contributed by atoms with E-state index in [9.17, 15) is 9.59 Å². The van der Waals surface area contributed by atoms with E-state index >= 15 is 0 Å². The van der Waals surface area contributed by atoms with Crippen LogP contribution < -0.4 is 5.32 Å². The van der Waals surface area contributed by atoms with Crippen molar-refractivity contribution in [1.82, 2.24) is 5.32 Å². The van der Waals surface area contributed by atoms with Crippen LogP contribution in [0.2, 0.25) is 0 Å². The second-order valence-electron chi connectivity index (χ2n) is 4.86. The monoisotopic (exact) mass is 261 g/mol. The Kier molecular flexibility index (Phi) is 4.68. The minimum Gasteiger partial charge on any atom is -0.378 e. The summed E-state index contributed by atoms with van der Waals surface area (Å²) in [6, 6.07) is 8.73. The molecule has 0 spiro atoms. The van der Waals surface area contributed by atoms with Gasteiger partial charge in [0.1, 0.15) is 6.04 Å². The maximum absolute atomic E-state index is 11.9. The molecule has 1 aromatic rings. The lowest BCUT2D eigenvalue weighted by Gasteiger charge is -2.17. The van der Waals surface area contributed by atoms with Gasteiger partial charge in [-0.2, -0.15) is 0 Å². The predicted octanol–water partition coefficient (Wildman–Crippen LogP) is 2.00. The standard InChI is InChI=1S/C15H19NO3/c1-11(17)15(12-6-3-2-4-7-12)16-14(18)10-13-8-5-9-19-13/h2-4,6-7,13,15H,5,8-10H2,1H3,(H,16,18)/t13?,15-/m0/s1. The van der Waals surface area contributed by atoms with Gasteiger partial charge in [-0.15, -0.1) is 0 Å². The van der Waals surface area contributed by atoms with E-state index < -0.39 is 6.04 Å². The molecule has 1 aliphatic rings. The maximum atomic E-state index is 11.9. The highest BCUT2D eigenvalue weighted by Crippen LogP contribution is 2.17. The first kappa shape index (κ1) is 13.7. The predicted molar refractivity (Wildman–Crippen MR) is 71.6 cm³/mol. The lowest BCUT2D eigenvalue weighted by molar-refractivity contribution is -0.128. The molecular formula is C15H19NO3. The zero-order valence-electron chi connectivity index (χ0n) is 11.1. The number of benzene rings is 1. The third-order valence-electron chi connectivity index (χ3n) is 3.28. The van der Waals surface area contributed by atoms with Crippen molar-refractivity contribution in [1.29, 1.82) is 0 Å². The van der Waals surface area contributed by atoms with Crippen LogP contribution >= 0.6 is 0 Å². The highest BCUT2D eigenvalue weighted by atomic mass is 16.5. The van der Waals surface area contributed by atoms with Crippen LogP contribution in [0.3, 0.4) is 0 Å². The van der Waals surface area contributed by atoms with E-state index in [2.05, 4.69) is 5.32 Å². The van der Waals surface area contributed by atoms with Crippen LogP contribution in [0, 0.1) is 0 Å². The van der Waals surface area contributed by atoms with Gasteiger partial charge >= 0.3 is 0 Å². The van der Waals surface area contributed by atoms with Crippen molar-refractivity contribution < 1.29 is 14.3 Å². The molecule has 0 aromatic heterocycles. The second kappa shape index (κ2) is 6.48. The highest BCUT2D eigenvalue weighted by molar-refractivity contribution is 5.88. The van der Waals surface area contributed by atoms with Crippen molar-refractivity contribution in [2.75, 3.05) is 6.61 Å². The van der Waals surface area contributed by atoms with Gasteiger partial charge in [-0.25, -0.2) is 0 Å². The number of hydrogen-bond donors (Lipinski definition) is 1. The quantitative estimate of drug-likeness (QED) is 0.882. The molecule has 2 rings (SSSR count). The molecule has 0 radical (unpaired) electrons. The van der Waals surface area contributed by atoms with E-state index in [0.717, 1.165) is 25.0 Å². The van der Waals surface area contributed by atoms with Gasteiger partial charge in [0.25, 0.3) is 0 Å². The first-order valence-corrected chi connectivity index (χ1v) is 6.63. The van der Waals surface area contributed by atoms with Gasteiger partial charge in [-0.3, -0.25) is 9.59 Å². The average molecular weight is 261 g/mol. The fourth-order valence-electron chi connectivity index (χ4n) is 2.30. The molecule has 0 bridgehead atoms. The van der Waals surface area contributed by atoms with Gasteiger partial charge in [0.2, 0.25) is 5.91 Å². The molecule has 1 amide bonds. The van der Waals surface area contributed by atoms with E-state index in [-0.39, 0.29) is 17.8 Å². The van der Waals surface area contributed by atoms with Gasteiger partial charge in [0.05, 0.1) is 12.5 Å². The molecule has 1 unspecified atom stereocenters. The number of amides is 1. The van der Waals surface area contributed by atoms with Crippen LogP contribution in [-0.2, 0) is 14.3 Å². The Morgan fingerprint density at radius 3 is 2.68 bits per heavy atom. The van der Waals surface area contributed by atoms with Gasteiger partial charge in [-0.1, -0.05) is 30.3 Å². The minimum atomic E-state index is -0.560. The summed E-state index contributed by atoms with van der Waals surface area (Å²) in [4.78, 5) is 23.6. The smallest absolute Gasteiger partial charge is 0.223 e. The molecule has 102 valence electrons. The van der Waals surface area contributed by atoms with Crippen LogP contribution in [0.5, 0.6) is 0 Å². The number of ketones is 1. The molecule has 4 heteroatoms. The molecule has 0 saturated carbocycles. The van der Waals surface area contributed by atoms with Crippen molar-refractivity contribution >= 4 is 11.7 Å². The van der Waals surface area contributed by atoms with E-state index in [4.69, 9.17) is 4.74 Å². The van der Waals surface area contributed by atoms with Crippen LogP contribution in [0.25, 0.3) is 0 Å². The number of carbonyl (C=O) groups excluding carboxylic acids is 2. The van der Waals surface area contributed by atoms with E-state index in [1.807, 2.05) is 30.3 Å².